The highest BCUT2D eigenvalue weighted by Crippen LogP contribution is 2.27. The Kier molecular flexibility index (Phi) is 4.29. The van der Waals surface area contributed by atoms with Gasteiger partial charge >= 0.3 is 0 Å². The number of benzene rings is 1. The van der Waals surface area contributed by atoms with Crippen LogP contribution in [0.25, 0.3) is 0 Å². The summed E-state index contributed by atoms with van der Waals surface area (Å²) in [6, 6.07) is 8.34. The molecule has 112 valence electrons. The monoisotopic (exact) mass is 305 g/mol. The molecule has 0 bridgehead atoms. The van der Waals surface area contributed by atoms with Crippen LogP contribution in [0.15, 0.2) is 36.7 Å². The summed E-state index contributed by atoms with van der Waals surface area (Å²) in [5.74, 6) is 0. The summed E-state index contributed by atoms with van der Waals surface area (Å²) in [5.41, 5.74) is 2.38. The Hall–Kier alpha value is -1.36. The molecule has 0 saturated carbocycles. The van der Waals surface area contributed by atoms with Crippen LogP contribution >= 0.6 is 11.6 Å². The molecule has 1 saturated heterocycles. The van der Waals surface area contributed by atoms with Crippen molar-refractivity contribution in [3.05, 3.63) is 52.8 Å². The lowest BCUT2D eigenvalue weighted by molar-refractivity contribution is -0.0633. The second-order valence-electron chi connectivity index (χ2n) is 5.68. The first-order valence-corrected chi connectivity index (χ1v) is 7.58. The van der Waals surface area contributed by atoms with Gasteiger partial charge in [0.2, 0.25) is 0 Å². The Morgan fingerprint density at radius 3 is 3.00 bits per heavy atom. The zero-order chi connectivity index (χ0) is 14.8. The van der Waals surface area contributed by atoms with Gasteiger partial charge in [-0.1, -0.05) is 23.7 Å². The van der Waals surface area contributed by atoms with Crippen molar-refractivity contribution in [1.82, 2.24) is 14.7 Å². The van der Waals surface area contributed by atoms with Crippen molar-refractivity contribution in [2.45, 2.75) is 25.6 Å². The van der Waals surface area contributed by atoms with E-state index in [4.69, 9.17) is 16.3 Å². The summed E-state index contributed by atoms with van der Waals surface area (Å²) in [7, 11) is 1.95. The standard InChI is InChI=1S/C16H20ClN3O/c1-12-11-21-16(14-4-3-5-15(17)6-14)10-20(12)9-13-7-18-19(2)8-13/h3-8,12,16H,9-11H2,1-2H3/t12-,16-/m1/s1. The predicted molar refractivity (Wildman–Crippen MR) is 83.2 cm³/mol. The molecule has 5 heteroatoms. The second-order valence-corrected chi connectivity index (χ2v) is 6.11. The van der Waals surface area contributed by atoms with E-state index in [9.17, 15) is 0 Å². The predicted octanol–water partition coefficient (Wildman–Crippen LogP) is 3.04. The molecule has 2 atom stereocenters. The summed E-state index contributed by atoms with van der Waals surface area (Å²) >= 11 is 6.08. The molecular formula is C16H20ClN3O. The molecule has 21 heavy (non-hydrogen) atoms. The van der Waals surface area contributed by atoms with Crippen molar-refractivity contribution in [2.24, 2.45) is 7.05 Å². The smallest absolute Gasteiger partial charge is 0.0953 e. The molecule has 1 fully saturated rings. The summed E-state index contributed by atoms with van der Waals surface area (Å²) in [6.45, 7) is 4.70. The number of aryl methyl sites for hydroxylation is 1. The van der Waals surface area contributed by atoms with Gasteiger partial charge in [0.1, 0.15) is 0 Å². The minimum atomic E-state index is 0.0802. The number of hydrogen-bond donors (Lipinski definition) is 0. The highest BCUT2D eigenvalue weighted by Gasteiger charge is 2.27. The maximum atomic E-state index is 6.08. The van der Waals surface area contributed by atoms with E-state index in [1.165, 1.54) is 5.56 Å². The highest BCUT2D eigenvalue weighted by atomic mass is 35.5. The summed E-state index contributed by atoms with van der Waals surface area (Å²) in [4.78, 5) is 2.44. The van der Waals surface area contributed by atoms with Gasteiger partial charge in [-0.25, -0.2) is 0 Å². The fraction of sp³-hybridized carbons (Fsp3) is 0.438. The average molecular weight is 306 g/mol. The van der Waals surface area contributed by atoms with Crippen molar-refractivity contribution in [3.8, 4) is 0 Å². The first kappa shape index (κ1) is 14.6. The van der Waals surface area contributed by atoms with E-state index in [1.807, 2.05) is 36.1 Å². The lowest BCUT2D eigenvalue weighted by Gasteiger charge is -2.38. The molecule has 4 nitrogen and oxygen atoms in total. The molecule has 0 amide bonds. The number of nitrogens with zero attached hydrogens (tertiary/aromatic N) is 3. The first-order chi connectivity index (χ1) is 10.1. The van der Waals surface area contributed by atoms with Gasteiger partial charge in [-0.2, -0.15) is 5.10 Å². The quantitative estimate of drug-likeness (QED) is 0.873. The molecule has 1 aromatic carbocycles. The van der Waals surface area contributed by atoms with Gasteiger partial charge in [-0.15, -0.1) is 0 Å². The van der Waals surface area contributed by atoms with Crippen LogP contribution in [-0.2, 0) is 18.3 Å². The maximum absolute atomic E-state index is 6.08. The molecule has 0 radical (unpaired) electrons. The van der Waals surface area contributed by atoms with E-state index in [1.54, 1.807) is 0 Å². The first-order valence-electron chi connectivity index (χ1n) is 7.20. The van der Waals surface area contributed by atoms with Crippen LogP contribution in [-0.4, -0.2) is 33.9 Å². The minimum Gasteiger partial charge on any atom is -0.371 e. The molecule has 3 rings (SSSR count). The van der Waals surface area contributed by atoms with Crippen LogP contribution in [0.2, 0.25) is 5.02 Å². The number of ether oxygens (including phenoxy) is 1. The van der Waals surface area contributed by atoms with Gasteiger partial charge in [0.25, 0.3) is 0 Å². The molecule has 0 unspecified atom stereocenters. The zero-order valence-electron chi connectivity index (χ0n) is 12.4. The van der Waals surface area contributed by atoms with Crippen LogP contribution in [0.3, 0.4) is 0 Å². The Morgan fingerprint density at radius 1 is 1.43 bits per heavy atom. The van der Waals surface area contributed by atoms with Gasteiger partial charge in [0, 0.05) is 43.0 Å². The summed E-state index contributed by atoms with van der Waals surface area (Å²) in [5, 5.41) is 5.00. The van der Waals surface area contributed by atoms with E-state index >= 15 is 0 Å². The lowest BCUT2D eigenvalue weighted by atomic mass is 10.1. The van der Waals surface area contributed by atoms with Crippen molar-refractivity contribution >= 4 is 11.6 Å². The second kappa shape index (κ2) is 6.18. The van der Waals surface area contributed by atoms with Gasteiger partial charge in [0.15, 0.2) is 0 Å². The Morgan fingerprint density at radius 2 is 2.29 bits per heavy atom. The molecular weight excluding hydrogens is 286 g/mol. The molecule has 1 aliphatic rings. The van der Waals surface area contributed by atoms with Gasteiger partial charge in [0.05, 0.1) is 18.9 Å². The number of aromatic nitrogens is 2. The van der Waals surface area contributed by atoms with E-state index in [0.717, 1.165) is 30.3 Å². The third-order valence-corrected chi connectivity index (χ3v) is 4.16. The Labute approximate surface area is 130 Å². The van der Waals surface area contributed by atoms with Crippen LogP contribution in [0, 0.1) is 0 Å². The largest absolute Gasteiger partial charge is 0.371 e. The van der Waals surface area contributed by atoms with Gasteiger partial charge in [-0.3, -0.25) is 9.58 Å². The van der Waals surface area contributed by atoms with Crippen molar-refractivity contribution in [2.75, 3.05) is 13.2 Å². The van der Waals surface area contributed by atoms with Crippen molar-refractivity contribution in [3.63, 3.8) is 0 Å². The zero-order valence-corrected chi connectivity index (χ0v) is 13.1. The van der Waals surface area contributed by atoms with Crippen LogP contribution in [0.4, 0.5) is 0 Å². The molecule has 2 aromatic rings. The SMILES string of the molecule is C[C@@H]1CO[C@@H](c2cccc(Cl)c2)CN1Cc1cnn(C)c1. The van der Waals surface area contributed by atoms with Crippen molar-refractivity contribution in [1.29, 1.82) is 0 Å². The van der Waals surface area contributed by atoms with E-state index < -0.39 is 0 Å². The van der Waals surface area contributed by atoms with E-state index in [-0.39, 0.29) is 6.10 Å². The Bertz CT molecular complexity index is 613. The maximum Gasteiger partial charge on any atom is 0.0953 e. The number of hydrogen-bond acceptors (Lipinski definition) is 3. The van der Waals surface area contributed by atoms with Crippen molar-refractivity contribution < 1.29 is 4.74 Å². The summed E-state index contributed by atoms with van der Waals surface area (Å²) < 4.78 is 7.83. The average Bonchev–Trinajstić information content (AvgIpc) is 2.87. The summed E-state index contributed by atoms with van der Waals surface area (Å²) in [6.07, 6.45) is 4.07. The highest BCUT2D eigenvalue weighted by molar-refractivity contribution is 6.30. The fourth-order valence-corrected chi connectivity index (χ4v) is 2.92. The van der Waals surface area contributed by atoms with Gasteiger partial charge < -0.3 is 4.74 Å². The van der Waals surface area contributed by atoms with E-state index in [2.05, 4.69) is 29.2 Å². The number of morpholine rings is 1. The minimum absolute atomic E-state index is 0.0802. The Balaban J connectivity index is 1.72. The van der Waals surface area contributed by atoms with Crippen LogP contribution < -0.4 is 0 Å². The van der Waals surface area contributed by atoms with Gasteiger partial charge in [-0.05, 0) is 24.6 Å². The third kappa shape index (κ3) is 3.46. The normalized spacial score (nSPS) is 23.4. The fourth-order valence-electron chi connectivity index (χ4n) is 2.72. The third-order valence-electron chi connectivity index (χ3n) is 3.93. The molecule has 1 aliphatic heterocycles. The molecule has 0 spiro atoms. The molecule has 2 heterocycles. The topological polar surface area (TPSA) is 30.3 Å². The molecule has 1 aromatic heterocycles. The lowest BCUT2D eigenvalue weighted by Crippen LogP contribution is -2.44. The van der Waals surface area contributed by atoms with E-state index in [0.29, 0.717) is 6.04 Å². The van der Waals surface area contributed by atoms with Crippen LogP contribution in [0.1, 0.15) is 24.2 Å². The number of halogens is 1. The van der Waals surface area contributed by atoms with Crippen LogP contribution in [0.5, 0.6) is 0 Å². The number of rotatable bonds is 3. The molecule has 0 aliphatic carbocycles. The molecule has 0 N–H and O–H groups in total.